The first-order chi connectivity index (χ1) is 6.58. The van der Waals surface area contributed by atoms with E-state index >= 15 is 0 Å². The van der Waals surface area contributed by atoms with Crippen LogP contribution in [0.1, 0.15) is 33.1 Å². The van der Waals surface area contributed by atoms with E-state index in [1.807, 2.05) is 13.8 Å². The molecule has 0 aromatic rings. The molecule has 0 aliphatic heterocycles. The van der Waals surface area contributed by atoms with E-state index < -0.39 is 0 Å². The van der Waals surface area contributed by atoms with Gasteiger partial charge < -0.3 is 5.32 Å². The Hall–Kier alpha value is -1.12. The summed E-state index contributed by atoms with van der Waals surface area (Å²) < 4.78 is 12.6. The van der Waals surface area contributed by atoms with Crippen molar-refractivity contribution in [2.75, 3.05) is 0 Å². The minimum Gasteiger partial charge on any atom is -0.330 e. The molecule has 0 radical (unpaired) electrons. The normalized spacial score (nSPS) is 16.3. The predicted molar refractivity (Wildman–Crippen MR) is 54.1 cm³/mol. The zero-order valence-corrected chi connectivity index (χ0v) is 8.64. The minimum absolute atomic E-state index is 0.0157. The van der Waals surface area contributed by atoms with Gasteiger partial charge in [-0.2, -0.15) is 0 Å². The summed E-state index contributed by atoms with van der Waals surface area (Å²) >= 11 is 0. The van der Waals surface area contributed by atoms with Crippen molar-refractivity contribution in [1.82, 2.24) is 5.32 Å². The Morgan fingerprint density at radius 2 is 2.21 bits per heavy atom. The van der Waals surface area contributed by atoms with Crippen LogP contribution in [0.3, 0.4) is 0 Å². The smallest absolute Gasteiger partial charge is 0.224 e. The molecule has 0 saturated heterocycles. The van der Waals surface area contributed by atoms with Crippen molar-refractivity contribution in [3.05, 3.63) is 23.7 Å². The van der Waals surface area contributed by atoms with Gasteiger partial charge in [-0.3, -0.25) is 4.79 Å². The molecule has 0 aromatic carbocycles. The first-order valence-corrected chi connectivity index (χ1v) is 4.93. The maximum absolute atomic E-state index is 12.6. The van der Waals surface area contributed by atoms with E-state index in [0.29, 0.717) is 25.2 Å². The highest BCUT2D eigenvalue weighted by Crippen LogP contribution is 2.17. The molecule has 0 spiro atoms. The summed E-state index contributed by atoms with van der Waals surface area (Å²) in [5, 5.41) is 2.78. The van der Waals surface area contributed by atoms with E-state index in [-0.39, 0.29) is 11.7 Å². The van der Waals surface area contributed by atoms with Crippen molar-refractivity contribution in [2.24, 2.45) is 5.92 Å². The van der Waals surface area contributed by atoms with Crippen molar-refractivity contribution < 1.29 is 9.18 Å². The van der Waals surface area contributed by atoms with Gasteiger partial charge in [-0.1, -0.05) is 13.8 Å². The molecule has 0 aromatic heterocycles. The lowest BCUT2D eigenvalue weighted by Gasteiger charge is -2.12. The first kappa shape index (κ1) is 11.0. The van der Waals surface area contributed by atoms with Gasteiger partial charge in [-0.05, 0) is 24.5 Å². The third kappa shape index (κ3) is 3.73. The number of amides is 1. The fraction of sp³-hybridized carbons (Fsp3) is 0.545. The van der Waals surface area contributed by atoms with Crippen LogP contribution in [-0.4, -0.2) is 5.91 Å². The number of carbonyl (C=O) groups is 1. The summed E-state index contributed by atoms with van der Waals surface area (Å²) in [5.41, 5.74) is 0.817. The number of rotatable bonds is 3. The van der Waals surface area contributed by atoms with E-state index in [1.165, 1.54) is 6.08 Å². The predicted octanol–water partition coefficient (Wildman–Crippen LogP) is 2.68. The Labute approximate surface area is 83.9 Å². The first-order valence-electron chi connectivity index (χ1n) is 4.93. The third-order valence-corrected chi connectivity index (χ3v) is 1.99. The Kier molecular flexibility index (Phi) is 3.86. The van der Waals surface area contributed by atoms with Gasteiger partial charge in [0.05, 0.1) is 0 Å². The van der Waals surface area contributed by atoms with Gasteiger partial charge in [0.2, 0.25) is 5.91 Å². The van der Waals surface area contributed by atoms with Crippen LogP contribution in [0.15, 0.2) is 23.7 Å². The summed E-state index contributed by atoms with van der Waals surface area (Å²) in [6, 6.07) is 0. The third-order valence-electron chi connectivity index (χ3n) is 1.99. The molecule has 0 saturated carbocycles. The lowest BCUT2D eigenvalue weighted by atomic mass is 10.1. The Morgan fingerprint density at radius 3 is 2.71 bits per heavy atom. The van der Waals surface area contributed by atoms with Crippen molar-refractivity contribution in [1.29, 1.82) is 0 Å². The standard InChI is InChI=1S/C11H16FNO/c1-8(2)7-11(14)13-10-5-3-9(12)4-6-10/h3,5,8H,4,6-7H2,1-2H3,(H,13,14). The molecule has 1 amide bonds. The van der Waals surface area contributed by atoms with Crippen LogP contribution >= 0.6 is 0 Å². The molecular weight excluding hydrogens is 181 g/mol. The highest BCUT2D eigenvalue weighted by Gasteiger charge is 2.09. The molecule has 2 nitrogen and oxygen atoms in total. The van der Waals surface area contributed by atoms with Gasteiger partial charge in [-0.25, -0.2) is 4.39 Å². The second kappa shape index (κ2) is 4.94. The van der Waals surface area contributed by atoms with E-state index in [4.69, 9.17) is 0 Å². The second-order valence-corrected chi connectivity index (χ2v) is 3.95. The topological polar surface area (TPSA) is 29.1 Å². The van der Waals surface area contributed by atoms with Crippen LogP contribution in [0.4, 0.5) is 4.39 Å². The van der Waals surface area contributed by atoms with Gasteiger partial charge in [0.1, 0.15) is 5.83 Å². The van der Waals surface area contributed by atoms with Gasteiger partial charge in [0.25, 0.3) is 0 Å². The molecule has 0 fully saturated rings. The zero-order chi connectivity index (χ0) is 10.6. The largest absolute Gasteiger partial charge is 0.330 e. The molecule has 1 aliphatic rings. The molecule has 0 unspecified atom stereocenters. The maximum Gasteiger partial charge on any atom is 0.224 e. The fourth-order valence-electron chi connectivity index (χ4n) is 1.32. The van der Waals surface area contributed by atoms with Gasteiger partial charge >= 0.3 is 0 Å². The molecule has 1 N–H and O–H groups in total. The van der Waals surface area contributed by atoms with E-state index in [2.05, 4.69) is 5.32 Å². The number of carbonyl (C=O) groups excluding carboxylic acids is 1. The van der Waals surface area contributed by atoms with Crippen LogP contribution < -0.4 is 5.32 Å². The molecule has 14 heavy (non-hydrogen) atoms. The Balaban J connectivity index is 2.41. The summed E-state index contributed by atoms with van der Waals surface area (Å²) in [7, 11) is 0. The molecule has 0 bridgehead atoms. The van der Waals surface area contributed by atoms with Crippen LogP contribution in [0.2, 0.25) is 0 Å². The van der Waals surface area contributed by atoms with Crippen molar-refractivity contribution in [3.8, 4) is 0 Å². The number of allylic oxidation sites excluding steroid dienone is 4. The number of hydrogen-bond acceptors (Lipinski definition) is 1. The number of nitrogens with one attached hydrogen (secondary N) is 1. The van der Waals surface area contributed by atoms with Crippen LogP contribution in [-0.2, 0) is 4.79 Å². The SMILES string of the molecule is CC(C)CC(=O)NC1=CC=C(F)CC1. The minimum atomic E-state index is -0.119. The van der Waals surface area contributed by atoms with E-state index in [1.54, 1.807) is 6.08 Å². The van der Waals surface area contributed by atoms with E-state index in [0.717, 1.165) is 5.70 Å². The second-order valence-electron chi connectivity index (χ2n) is 3.95. The maximum atomic E-state index is 12.6. The van der Waals surface area contributed by atoms with Crippen LogP contribution in [0, 0.1) is 5.92 Å². The summed E-state index contributed by atoms with van der Waals surface area (Å²) in [4.78, 5) is 11.3. The monoisotopic (exact) mass is 197 g/mol. The lowest BCUT2D eigenvalue weighted by molar-refractivity contribution is -0.121. The average Bonchev–Trinajstić information content (AvgIpc) is 2.07. The summed E-state index contributed by atoms with van der Waals surface area (Å²) in [5.74, 6) is 0.250. The van der Waals surface area contributed by atoms with Crippen molar-refractivity contribution in [3.63, 3.8) is 0 Å². The molecule has 78 valence electrons. The Morgan fingerprint density at radius 1 is 1.50 bits per heavy atom. The van der Waals surface area contributed by atoms with E-state index in [9.17, 15) is 9.18 Å². The highest BCUT2D eigenvalue weighted by molar-refractivity contribution is 5.78. The Bertz CT molecular complexity index is 279. The lowest BCUT2D eigenvalue weighted by Crippen LogP contribution is -2.24. The van der Waals surface area contributed by atoms with Gasteiger partial charge in [0, 0.05) is 18.5 Å². The zero-order valence-electron chi connectivity index (χ0n) is 8.64. The molecule has 0 heterocycles. The molecule has 1 aliphatic carbocycles. The summed E-state index contributed by atoms with van der Waals surface area (Å²) in [6.45, 7) is 3.99. The van der Waals surface area contributed by atoms with Gasteiger partial charge in [-0.15, -0.1) is 0 Å². The molecule has 1 rings (SSSR count). The average molecular weight is 197 g/mol. The molecule has 3 heteroatoms. The van der Waals surface area contributed by atoms with Gasteiger partial charge in [0.15, 0.2) is 0 Å². The quantitative estimate of drug-likeness (QED) is 0.740. The van der Waals surface area contributed by atoms with Crippen LogP contribution in [0.25, 0.3) is 0 Å². The van der Waals surface area contributed by atoms with Crippen molar-refractivity contribution >= 4 is 5.91 Å². The number of halogens is 1. The molecule has 0 atom stereocenters. The fourth-order valence-corrected chi connectivity index (χ4v) is 1.32. The highest BCUT2D eigenvalue weighted by atomic mass is 19.1. The van der Waals surface area contributed by atoms with Crippen LogP contribution in [0.5, 0.6) is 0 Å². The number of hydrogen-bond donors (Lipinski definition) is 1. The van der Waals surface area contributed by atoms with Crippen molar-refractivity contribution in [2.45, 2.75) is 33.1 Å². The summed E-state index contributed by atoms with van der Waals surface area (Å²) in [6.07, 6.45) is 4.55. The molecular formula is C11H16FNO.